The van der Waals surface area contributed by atoms with E-state index in [-0.39, 0.29) is 6.29 Å². The molecule has 0 heterocycles. The maximum atomic E-state index is 5.69. The summed E-state index contributed by atoms with van der Waals surface area (Å²) in [6.07, 6.45) is 0.591. The van der Waals surface area contributed by atoms with E-state index >= 15 is 0 Å². The highest BCUT2D eigenvalue weighted by atomic mass is 16.7. The van der Waals surface area contributed by atoms with E-state index < -0.39 is 0 Å². The molecule has 1 aromatic rings. The third-order valence-corrected chi connectivity index (χ3v) is 2.37. The van der Waals surface area contributed by atoms with E-state index in [1.807, 2.05) is 32.0 Å². The van der Waals surface area contributed by atoms with Gasteiger partial charge in [-0.15, -0.1) is 0 Å². The summed E-state index contributed by atoms with van der Waals surface area (Å²) in [5, 5.41) is 0. The lowest BCUT2D eigenvalue weighted by Gasteiger charge is -2.16. The summed E-state index contributed by atoms with van der Waals surface area (Å²) in [4.78, 5) is 0. The molecule has 0 aliphatic heterocycles. The number of rotatable bonds is 5. The number of aryl methyl sites for hydroxylation is 1. The maximum absolute atomic E-state index is 5.69. The van der Waals surface area contributed by atoms with Crippen molar-refractivity contribution in [2.45, 2.75) is 26.6 Å². The number of ether oxygens (including phenoxy) is 2. The van der Waals surface area contributed by atoms with E-state index in [1.54, 1.807) is 7.11 Å². The lowest BCUT2D eigenvalue weighted by molar-refractivity contribution is -0.118. The second-order valence-corrected chi connectivity index (χ2v) is 3.51. The van der Waals surface area contributed by atoms with Crippen molar-refractivity contribution in [2.24, 2.45) is 0 Å². The van der Waals surface area contributed by atoms with Gasteiger partial charge in [-0.05, 0) is 37.1 Å². The van der Waals surface area contributed by atoms with Crippen LogP contribution in [0.2, 0.25) is 0 Å². The lowest BCUT2D eigenvalue weighted by Crippen LogP contribution is -2.18. The molecular weight excluding hydrogens is 190 g/mol. The second-order valence-electron chi connectivity index (χ2n) is 3.51. The monoisotopic (exact) mass is 209 g/mol. The highest BCUT2D eigenvalue weighted by Gasteiger charge is 2.09. The molecule has 0 bridgehead atoms. The fourth-order valence-electron chi connectivity index (χ4n) is 1.52. The van der Waals surface area contributed by atoms with E-state index in [0.717, 1.165) is 12.1 Å². The van der Waals surface area contributed by atoms with Crippen molar-refractivity contribution in [2.75, 3.05) is 19.5 Å². The molecule has 1 atom stereocenters. The molecule has 3 heteroatoms. The predicted octanol–water partition coefficient (Wildman–Crippen LogP) is 2.13. The molecule has 0 aliphatic rings. The molecule has 3 nitrogen and oxygen atoms in total. The molecular formula is C12H19NO2. The van der Waals surface area contributed by atoms with Crippen LogP contribution in [0.15, 0.2) is 18.2 Å². The van der Waals surface area contributed by atoms with Crippen LogP contribution in [-0.2, 0) is 15.9 Å². The molecule has 0 amide bonds. The molecule has 1 aromatic carbocycles. The second kappa shape index (κ2) is 5.73. The SMILES string of the molecule is CCOC(Cc1ccc(N)cc1C)OC. The summed E-state index contributed by atoms with van der Waals surface area (Å²) in [7, 11) is 1.66. The van der Waals surface area contributed by atoms with Gasteiger partial charge in [0.05, 0.1) is 0 Å². The zero-order chi connectivity index (χ0) is 11.3. The van der Waals surface area contributed by atoms with Gasteiger partial charge in [0.1, 0.15) is 0 Å². The van der Waals surface area contributed by atoms with Gasteiger partial charge in [0, 0.05) is 25.8 Å². The number of methoxy groups -OCH3 is 1. The zero-order valence-corrected chi connectivity index (χ0v) is 9.62. The normalized spacial score (nSPS) is 12.7. The zero-order valence-electron chi connectivity index (χ0n) is 9.62. The van der Waals surface area contributed by atoms with Gasteiger partial charge >= 0.3 is 0 Å². The molecule has 0 radical (unpaired) electrons. The summed E-state index contributed by atoms with van der Waals surface area (Å²) >= 11 is 0. The van der Waals surface area contributed by atoms with Gasteiger partial charge in [0.2, 0.25) is 0 Å². The minimum Gasteiger partial charge on any atom is -0.399 e. The Morgan fingerprint density at radius 1 is 1.40 bits per heavy atom. The summed E-state index contributed by atoms with van der Waals surface area (Å²) < 4.78 is 10.7. The van der Waals surface area contributed by atoms with Crippen LogP contribution in [0.5, 0.6) is 0 Å². The van der Waals surface area contributed by atoms with Gasteiger partial charge < -0.3 is 15.2 Å². The van der Waals surface area contributed by atoms with Gasteiger partial charge in [-0.3, -0.25) is 0 Å². The summed E-state index contributed by atoms with van der Waals surface area (Å²) in [6.45, 7) is 4.67. The minimum absolute atomic E-state index is 0.169. The standard InChI is InChI=1S/C12H19NO2/c1-4-15-12(14-3)8-10-5-6-11(13)7-9(10)2/h5-7,12H,4,8,13H2,1-3H3. The number of benzene rings is 1. The van der Waals surface area contributed by atoms with Gasteiger partial charge in [0.25, 0.3) is 0 Å². The highest BCUT2D eigenvalue weighted by molar-refractivity contribution is 5.44. The third kappa shape index (κ3) is 3.53. The van der Waals surface area contributed by atoms with Crippen molar-refractivity contribution in [3.63, 3.8) is 0 Å². The van der Waals surface area contributed by atoms with E-state index in [1.165, 1.54) is 11.1 Å². The van der Waals surface area contributed by atoms with Crippen LogP contribution >= 0.6 is 0 Å². The van der Waals surface area contributed by atoms with E-state index in [9.17, 15) is 0 Å². The highest BCUT2D eigenvalue weighted by Crippen LogP contribution is 2.15. The van der Waals surface area contributed by atoms with Crippen LogP contribution in [0.3, 0.4) is 0 Å². The van der Waals surface area contributed by atoms with Gasteiger partial charge in [-0.25, -0.2) is 0 Å². The van der Waals surface area contributed by atoms with Crippen molar-refractivity contribution in [1.29, 1.82) is 0 Å². The summed E-state index contributed by atoms with van der Waals surface area (Å²) in [5.41, 5.74) is 8.87. The molecule has 0 saturated heterocycles. The van der Waals surface area contributed by atoms with Crippen molar-refractivity contribution in [3.8, 4) is 0 Å². The molecule has 1 rings (SSSR count). The van der Waals surface area contributed by atoms with E-state index in [4.69, 9.17) is 15.2 Å². The fraction of sp³-hybridized carbons (Fsp3) is 0.500. The first-order valence-corrected chi connectivity index (χ1v) is 5.16. The lowest BCUT2D eigenvalue weighted by atomic mass is 10.0. The molecule has 2 N–H and O–H groups in total. The third-order valence-electron chi connectivity index (χ3n) is 2.37. The van der Waals surface area contributed by atoms with Crippen LogP contribution in [0.4, 0.5) is 5.69 Å². The first kappa shape index (κ1) is 12.0. The number of hydrogen-bond donors (Lipinski definition) is 1. The quantitative estimate of drug-likeness (QED) is 0.597. The molecule has 0 aliphatic carbocycles. The van der Waals surface area contributed by atoms with Crippen molar-refractivity contribution in [3.05, 3.63) is 29.3 Å². The van der Waals surface area contributed by atoms with Gasteiger partial charge in [0.15, 0.2) is 6.29 Å². The largest absolute Gasteiger partial charge is 0.399 e. The molecule has 15 heavy (non-hydrogen) atoms. The number of nitrogens with two attached hydrogens (primary N) is 1. The van der Waals surface area contributed by atoms with Gasteiger partial charge in [-0.1, -0.05) is 6.07 Å². The van der Waals surface area contributed by atoms with Crippen LogP contribution < -0.4 is 5.73 Å². The van der Waals surface area contributed by atoms with Crippen molar-refractivity contribution < 1.29 is 9.47 Å². The Balaban J connectivity index is 2.70. The minimum atomic E-state index is -0.169. The smallest absolute Gasteiger partial charge is 0.161 e. The van der Waals surface area contributed by atoms with Crippen molar-refractivity contribution in [1.82, 2.24) is 0 Å². The Kier molecular flexibility index (Phi) is 4.59. The number of nitrogen functional groups attached to an aromatic ring is 1. The van der Waals surface area contributed by atoms with E-state index in [0.29, 0.717) is 6.61 Å². The average molecular weight is 209 g/mol. The molecule has 0 aromatic heterocycles. The van der Waals surface area contributed by atoms with Gasteiger partial charge in [-0.2, -0.15) is 0 Å². The Labute approximate surface area is 91.2 Å². The first-order chi connectivity index (χ1) is 7.17. The van der Waals surface area contributed by atoms with Crippen LogP contribution in [0, 0.1) is 6.92 Å². The Hall–Kier alpha value is -1.06. The van der Waals surface area contributed by atoms with Crippen LogP contribution in [0.1, 0.15) is 18.1 Å². The Morgan fingerprint density at radius 3 is 2.67 bits per heavy atom. The predicted molar refractivity (Wildman–Crippen MR) is 61.7 cm³/mol. The molecule has 0 saturated carbocycles. The van der Waals surface area contributed by atoms with Crippen LogP contribution in [-0.4, -0.2) is 20.0 Å². The maximum Gasteiger partial charge on any atom is 0.161 e. The average Bonchev–Trinajstić information content (AvgIpc) is 2.21. The first-order valence-electron chi connectivity index (χ1n) is 5.16. The number of hydrogen-bond acceptors (Lipinski definition) is 3. The Morgan fingerprint density at radius 2 is 2.13 bits per heavy atom. The molecule has 1 unspecified atom stereocenters. The van der Waals surface area contributed by atoms with Crippen LogP contribution in [0.25, 0.3) is 0 Å². The molecule has 0 spiro atoms. The molecule has 84 valence electrons. The van der Waals surface area contributed by atoms with Crippen molar-refractivity contribution >= 4 is 5.69 Å². The Bertz CT molecular complexity index is 312. The summed E-state index contributed by atoms with van der Waals surface area (Å²) in [5.74, 6) is 0. The molecule has 0 fully saturated rings. The topological polar surface area (TPSA) is 44.5 Å². The summed E-state index contributed by atoms with van der Waals surface area (Å²) in [6, 6.07) is 5.89. The fourth-order valence-corrected chi connectivity index (χ4v) is 1.52. The van der Waals surface area contributed by atoms with E-state index in [2.05, 4.69) is 0 Å². The number of anilines is 1.